The predicted molar refractivity (Wildman–Crippen MR) is 86.2 cm³/mol. The minimum atomic E-state index is -1.17. The molecule has 0 spiro atoms. The van der Waals surface area contributed by atoms with Gasteiger partial charge in [0.25, 0.3) is 0 Å². The smallest absolute Gasteiger partial charge is 0.550 e. The van der Waals surface area contributed by atoms with E-state index < -0.39 is 23.8 Å². The minimum Gasteiger partial charge on any atom is -0.550 e. The summed E-state index contributed by atoms with van der Waals surface area (Å²) in [6.07, 6.45) is 7.91. The molecule has 0 rings (SSSR count). The second-order valence-corrected chi connectivity index (χ2v) is 6.43. The third-order valence-electron chi connectivity index (χ3n) is 4.07. The van der Waals surface area contributed by atoms with Crippen LogP contribution in [0.5, 0.6) is 0 Å². The summed E-state index contributed by atoms with van der Waals surface area (Å²) in [6, 6.07) is 0. The van der Waals surface area contributed by atoms with Gasteiger partial charge in [-0.3, -0.25) is 9.28 Å². The van der Waals surface area contributed by atoms with Gasteiger partial charge in [-0.15, -0.1) is 0 Å². The van der Waals surface area contributed by atoms with E-state index >= 15 is 0 Å². The van der Waals surface area contributed by atoms with Crippen LogP contribution in [0.25, 0.3) is 0 Å². The molecular formula is C17H31LiNO5+. The number of hydrogen-bond acceptors (Lipinski definition) is 4. The summed E-state index contributed by atoms with van der Waals surface area (Å²) < 4.78 is 0.0736. The summed E-state index contributed by atoms with van der Waals surface area (Å²) in [4.78, 5) is 22.2. The summed E-state index contributed by atoms with van der Waals surface area (Å²) in [6.45, 7) is 5.88. The Labute approximate surface area is 157 Å². The van der Waals surface area contributed by atoms with Gasteiger partial charge in [-0.05, 0) is 19.8 Å². The van der Waals surface area contributed by atoms with Crippen molar-refractivity contribution in [2.45, 2.75) is 46.5 Å². The molecule has 2 N–H and O–H groups in total. The van der Waals surface area contributed by atoms with E-state index in [2.05, 4.69) is 19.1 Å². The number of nitrogens with zero attached hydrogens (tertiary/aromatic N) is 1. The Bertz CT molecular complexity index is 378. The van der Waals surface area contributed by atoms with Gasteiger partial charge in [0.2, 0.25) is 0 Å². The van der Waals surface area contributed by atoms with Crippen molar-refractivity contribution in [2.75, 3.05) is 26.4 Å². The third kappa shape index (κ3) is 10.1. The van der Waals surface area contributed by atoms with Gasteiger partial charge >= 0.3 is 24.8 Å². The normalized spacial score (nSPS) is 16.2. The van der Waals surface area contributed by atoms with Gasteiger partial charge in [0.15, 0.2) is 6.73 Å². The molecule has 0 aromatic rings. The van der Waals surface area contributed by atoms with Crippen molar-refractivity contribution in [3.8, 4) is 0 Å². The van der Waals surface area contributed by atoms with Gasteiger partial charge < -0.3 is 20.1 Å². The molecule has 0 heterocycles. The summed E-state index contributed by atoms with van der Waals surface area (Å²) in [5, 5.41) is 30.0. The van der Waals surface area contributed by atoms with E-state index in [1.165, 1.54) is 6.92 Å². The SMILES string of the molecule is CCC/C=C/CCC[N+](CO)(CC(C)C(=O)[O-])CC(C)C(=O)O.[Li+]. The van der Waals surface area contributed by atoms with Crippen molar-refractivity contribution < 1.29 is 48.3 Å². The van der Waals surface area contributed by atoms with Crippen LogP contribution in [-0.2, 0) is 9.59 Å². The summed E-state index contributed by atoms with van der Waals surface area (Å²) in [5.41, 5.74) is 0. The number of aliphatic hydroxyl groups is 1. The Morgan fingerprint density at radius 3 is 2.12 bits per heavy atom. The number of aliphatic hydroxyl groups excluding tert-OH is 1. The molecule has 0 saturated heterocycles. The summed E-state index contributed by atoms with van der Waals surface area (Å²) in [5.74, 6) is -3.50. The van der Waals surface area contributed by atoms with Gasteiger partial charge in [-0.25, -0.2) is 0 Å². The minimum absolute atomic E-state index is 0. The van der Waals surface area contributed by atoms with E-state index in [1.54, 1.807) is 6.92 Å². The maximum absolute atomic E-state index is 11.1. The Hall–Kier alpha value is -0.803. The number of rotatable bonds is 13. The molecule has 3 unspecified atom stereocenters. The third-order valence-corrected chi connectivity index (χ3v) is 4.07. The molecule has 0 bridgehead atoms. The van der Waals surface area contributed by atoms with Crippen molar-refractivity contribution in [2.24, 2.45) is 11.8 Å². The zero-order chi connectivity index (χ0) is 17.9. The topological polar surface area (TPSA) is 97.7 Å². The number of unbranched alkanes of at least 4 members (excludes halogenated alkanes) is 2. The number of carboxylic acid groups (broad SMARTS) is 2. The second kappa shape index (κ2) is 13.5. The van der Waals surface area contributed by atoms with E-state index in [4.69, 9.17) is 5.11 Å². The number of aliphatic carboxylic acids is 2. The molecule has 0 aromatic carbocycles. The van der Waals surface area contributed by atoms with Crippen LogP contribution >= 0.6 is 0 Å². The zero-order valence-corrected chi connectivity index (χ0v) is 15.5. The first-order valence-electron chi connectivity index (χ1n) is 8.32. The average Bonchev–Trinajstić information content (AvgIpc) is 2.50. The first kappa shape index (κ1) is 25.4. The maximum Gasteiger partial charge on any atom is 1.00 e. The summed E-state index contributed by atoms with van der Waals surface area (Å²) >= 11 is 0. The van der Waals surface area contributed by atoms with Crippen molar-refractivity contribution in [1.29, 1.82) is 0 Å². The number of allylic oxidation sites excluding steroid dienone is 2. The van der Waals surface area contributed by atoms with E-state index in [0.29, 0.717) is 6.54 Å². The Balaban J connectivity index is 0. The first-order chi connectivity index (χ1) is 10.8. The van der Waals surface area contributed by atoms with Crippen LogP contribution in [0.2, 0.25) is 0 Å². The quantitative estimate of drug-likeness (QED) is 0.133. The van der Waals surface area contributed by atoms with Gasteiger partial charge in [0.05, 0.1) is 19.6 Å². The van der Waals surface area contributed by atoms with E-state index in [1.807, 2.05) is 0 Å². The first-order valence-corrected chi connectivity index (χ1v) is 8.32. The van der Waals surface area contributed by atoms with Crippen molar-refractivity contribution in [3.05, 3.63) is 12.2 Å². The zero-order valence-electron chi connectivity index (χ0n) is 15.5. The van der Waals surface area contributed by atoms with E-state index in [-0.39, 0.29) is 43.2 Å². The standard InChI is InChI=1S/C17H31NO5.Li/c1-4-5-6-7-8-9-10-18(13-19,11-14(2)16(20)21)12-15(3)17(22)23;/h6-7,14-15,19H,4-5,8-13H2,1-3H3,(H-,20,21,22,23);/q;+1/b7-6+;. The van der Waals surface area contributed by atoms with Gasteiger partial charge in [0.1, 0.15) is 5.92 Å². The molecular weight excluding hydrogens is 305 g/mol. The van der Waals surface area contributed by atoms with Crippen LogP contribution in [0, 0.1) is 11.8 Å². The van der Waals surface area contributed by atoms with Crippen LogP contribution in [-0.4, -0.2) is 53.0 Å². The van der Waals surface area contributed by atoms with Gasteiger partial charge in [-0.2, -0.15) is 0 Å². The van der Waals surface area contributed by atoms with E-state index in [0.717, 1.165) is 25.7 Å². The molecule has 0 aliphatic heterocycles. The largest absolute Gasteiger partial charge is 1.00 e. The molecule has 7 heteroatoms. The van der Waals surface area contributed by atoms with Crippen LogP contribution in [0.4, 0.5) is 0 Å². The van der Waals surface area contributed by atoms with Crippen LogP contribution < -0.4 is 24.0 Å². The Morgan fingerprint density at radius 2 is 1.67 bits per heavy atom. The monoisotopic (exact) mass is 336 g/mol. The predicted octanol–water partition coefficient (Wildman–Crippen LogP) is -2.00. The number of carbonyl (C=O) groups is 2. The summed E-state index contributed by atoms with van der Waals surface area (Å²) in [7, 11) is 0. The van der Waals surface area contributed by atoms with Crippen LogP contribution in [0.1, 0.15) is 46.5 Å². The fourth-order valence-corrected chi connectivity index (χ4v) is 2.70. The molecule has 0 saturated carbocycles. The van der Waals surface area contributed by atoms with Gasteiger partial charge in [0, 0.05) is 18.3 Å². The molecule has 0 amide bonds. The molecule has 0 fully saturated rings. The number of carboxylic acids is 2. The molecule has 0 radical (unpaired) electrons. The molecule has 24 heavy (non-hydrogen) atoms. The molecule has 134 valence electrons. The number of quaternary nitrogens is 1. The van der Waals surface area contributed by atoms with Crippen molar-refractivity contribution >= 4 is 11.9 Å². The molecule has 0 aliphatic carbocycles. The molecule has 0 aliphatic rings. The Kier molecular flexibility index (Phi) is 14.3. The molecule has 3 atom stereocenters. The van der Waals surface area contributed by atoms with Crippen LogP contribution in [0.15, 0.2) is 12.2 Å². The molecule has 0 aromatic heterocycles. The second-order valence-electron chi connectivity index (χ2n) is 6.43. The Morgan fingerprint density at radius 1 is 1.12 bits per heavy atom. The van der Waals surface area contributed by atoms with Gasteiger partial charge in [-0.1, -0.05) is 32.4 Å². The molecule has 6 nitrogen and oxygen atoms in total. The van der Waals surface area contributed by atoms with E-state index in [9.17, 15) is 19.8 Å². The number of carbonyl (C=O) groups excluding carboxylic acids is 1. The van der Waals surface area contributed by atoms with Crippen molar-refractivity contribution in [3.63, 3.8) is 0 Å². The maximum atomic E-state index is 11.1. The average molecular weight is 336 g/mol. The fraction of sp³-hybridized carbons (Fsp3) is 0.765. The number of hydrogen-bond donors (Lipinski definition) is 2. The van der Waals surface area contributed by atoms with Crippen LogP contribution in [0.3, 0.4) is 0 Å². The fourth-order valence-electron chi connectivity index (χ4n) is 2.70. The van der Waals surface area contributed by atoms with Crippen molar-refractivity contribution in [1.82, 2.24) is 0 Å².